The van der Waals surface area contributed by atoms with Crippen LogP contribution in [-0.4, -0.2) is 12.7 Å². The number of nitrogens with two attached hydrogens (primary N) is 1. The molecular weight excluding hydrogens is 245 g/mol. The third-order valence-corrected chi connectivity index (χ3v) is 3.25. The van der Waals surface area contributed by atoms with Gasteiger partial charge in [-0.3, -0.25) is 0 Å². The molecule has 0 saturated heterocycles. The number of hydrogen-bond acceptors (Lipinski definition) is 2. The molecular formula is C12H17Cl2NO. The molecule has 0 fully saturated rings. The van der Waals surface area contributed by atoms with E-state index in [0.717, 1.165) is 12.0 Å². The molecule has 0 bridgehead atoms. The van der Waals surface area contributed by atoms with Crippen molar-refractivity contribution in [3.63, 3.8) is 0 Å². The van der Waals surface area contributed by atoms with Crippen LogP contribution in [0.2, 0.25) is 10.0 Å². The summed E-state index contributed by atoms with van der Waals surface area (Å²) in [5.74, 6) is 0. The molecule has 2 nitrogen and oxygen atoms in total. The van der Waals surface area contributed by atoms with Crippen molar-refractivity contribution in [2.45, 2.75) is 32.4 Å². The maximum atomic E-state index is 6.13. The topological polar surface area (TPSA) is 35.2 Å². The first-order valence-electron chi connectivity index (χ1n) is 5.42. The fourth-order valence-electron chi connectivity index (χ4n) is 1.62. The molecule has 2 N–H and O–H groups in total. The van der Waals surface area contributed by atoms with Gasteiger partial charge in [0.2, 0.25) is 0 Å². The van der Waals surface area contributed by atoms with Crippen LogP contribution in [0.15, 0.2) is 18.2 Å². The van der Waals surface area contributed by atoms with Gasteiger partial charge in [-0.2, -0.15) is 0 Å². The van der Waals surface area contributed by atoms with Crippen molar-refractivity contribution in [2.24, 2.45) is 5.73 Å². The van der Waals surface area contributed by atoms with Gasteiger partial charge < -0.3 is 10.5 Å². The van der Waals surface area contributed by atoms with E-state index in [1.807, 2.05) is 13.0 Å². The summed E-state index contributed by atoms with van der Waals surface area (Å²) in [4.78, 5) is 0. The number of halogens is 2. The Kier molecular flexibility index (Phi) is 5.56. The highest BCUT2D eigenvalue weighted by Gasteiger charge is 2.18. The summed E-state index contributed by atoms with van der Waals surface area (Å²) in [7, 11) is 0. The highest BCUT2D eigenvalue weighted by atomic mass is 35.5. The average molecular weight is 262 g/mol. The Hall–Kier alpha value is -0.280. The molecule has 0 saturated carbocycles. The summed E-state index contributed by atoms with van der Waals surface area (Å²) in [6, 6.07) is 5.29. The van der Waals surface area contributed by atoms with E-state index in [4.69, 9.17) is 33.7 Å². The Morgan fingerprint density at radius 3 is 2.44 bits per heavy atom. The van der Waals surface area contributed by atoms with Crippen LogP contribution in [0.1, 0.15) is 31.9 Å². The Labute approximate surface area is 107 Å². The molecule has 1 aromatic carbocycles. The van der Waals surface area contributed by atoms with Gasteiger partial charge in [-0.15, -0.1) is 0 Å². The van der Waals surface area contributed by atoms with E-state index >= 15 is 0 Å². The van der Waals surface area contributed by atoms with E-state index in [1.54, 1.807) is 12.1 Å². The van der Waals surface area contributed by atoms with Crippen LogP contribution in [0, 0.1) is 0 Å². The van der Waals surface area contributed by atoms with Gasteiger partial charge in [0.1, 0.15) is 0 Å². The summed E-state index contributed by atoms with van der Waals surface area (Å²) in [6.07, 6.45) is 0.886. The lowest BCUT2D eigenvalue weighted by atomic mass is 10.0. The van der Waals surface area contributed by atoms with Crippen LogP contribution < -0.4 is 5.73 Å². The molecule has 1 aromatic rings. The summed E-state index contributed by atoms with van der Waals surface area (Å²) in [5.41, 5.74) is 7.08. The largest absolute Gasteiger partial charge is 0.377 e. The van der Waals surface area contributed by atoms with E-state index in [0.29, 0.717) is 16.7 Å². The molecule has 2 unspecified atom stereocenters. The van der Waals surface area contributed by atoms with Gasteiger partial charge in [0, 0.05) is 6.61 Å². The average Bonchev–Trinajstić information content (AvgIpc) is 2.28. The van der Waals surface area contributed by atoms with Crippen molar-refractivity contribution in [1.29, 1.82) is 0 Å². The Bertz CT molecular complexity index is 344. The fourth-order valence-corrected chi connectivity index (χ4v) is 1.93. The third-order valence-electron chi connectivity index (χ3n) is 2.51. The Morgan fingerprint density at radius 1 is 1.25 bits per heavy atom. The van der Waals surface area contributed by atoms with Crippen LogP contribution in [-0.2, 0) is 4.74 Å². The highest BCUT2D eigenvalue weighted by Crippen LogP contribution is 2.27. The van der Waals surface area contributed by atoms with E-state index in [-0.39, 0.29) is 12.1 Å². The van der Waals surface area contributed by atoms with Gasteiger partial charge in [-0.05, 0) is 31.0 Å². The maximum Gasteiger partial charge on any atom is 0.0764 e. The quantitative estimate of drug-likeness (QED) is 0.875. The minimum Gasteiger partial charge on any atom is -0.377 e. The summed E-state index contributed by atoms with van der Waals surface area (Å²) in [6.45, 7) is 4.68. The Balaban J connectivity index is 2.85. The van der Waals surface area contributed by atoms with Crippen LogP contribution in [0.4, 0.5) is 0 Å². The zero-order valence-corrected chi connectivity index (χ0v) is 11.1. The van der Waals surface area contributed by atoms with Gasteiger partial charge in [0.05, 0.1) is 22.2 Å². The molecule has 0 radical (unpaired) electrons. The first kappa shape index (κ1) is 13.8. The highest BCUT2D eigenvalue weighted by molar-refractivity contribution is 6.42. The standard InChI is InChI=1S/C12H17Cl2NO/c1-3-11(16-4-2)12(15)8-5-6-9(13)10(14)7-8/h5-7,11-12H,3-4,15H2,1-2H3. The minimum absolute atomic E-state index is 0.0160. The van der Waals surface area contributed by atoms with Crippen molar-refractivity contribution in [1.82, 2.24) is 0 Å². The predicted octanol–water partition coefficient (Wildman–Crippen LogP) is 3.81. The van der Waals surface area contributed by atoms with Crippen LogP contribution in [0.5, 0.6) is 0 Å². The second-order valence-corrected chi connectivity index (χ2v) is 4.42. The van der Waals surface area contributed by atoms with Crippen molar-refractivity contribution >= 4 is 23.2 Å². The molecule has 0 aliphatic rings. The fraction of sp³-hybridized carbons (Fsp3) is 0.500. The van der Waals surface area contributed by atoms with E-state index in [2.05, 4.69) is 6.92 Å². The van der Waals surface area contributed by atoms with Gasteiger partial charge in [-0.25, -0.2) is 0 Å². The molecule has 16 heavy (non-hydrogen) atoms. The monoisotopic (exact) mass is 261 g/mol. The summed E-state index contributed by atoms with van der Waals surface area (Å²) < 4.78 is 5.58. The molecule has 2 atom stereocenters. The SMILES string of the molecule is CCOC(CC)C(N)c1ccc(Cl)c(Cl)c1. The zero-order chi connectivity index (χ0) is 12.1. The number of benzene rings is 1. The second-order valence-electron chi connectivity index (χ2n) is 3.60. The Morgan fingerprint density at radius 2 is 1.94 bits per heavy atom. The maximum absolute atomic E-state index is 6.13. The van der Waals surface area contributed by atoms with Crippen molar-refractivity contribution in [3.05, 3.63) is 33.8 Å². The zero-order valence-electron chi connectivity index (χ0n) is 9.54. The number of hydrogen-bond donors (Lipinski definition) is 1. The first-order chi connectivity index (χ1) is 7.60. The van der Waals surface area contributed by atoms with E-state index in [1.165, 1.54) is 0 Å². The van der Waals surface area contributed by atoms with Crippen LogP contribution in [0.25, 0.3) is 0 Å². The van der Waals surface area contributed by atoms with Gasteiger partial charge in [0.25, 0.3) is 0 Å². The third kappa shape index (κ3) is 3.36. The van der Waals surface area contributed by atoms with Crippen LogP contribution >= 0.6 is 23.2 Å². The van der Waals surface area contributed by atoms with Gasteiger partial charge in [-0.1, -0.05) is 36.2 Å². The molecule has 0 aliphatic heterocycles. The summed E-state index contributed by atoms with van der Waals surface area (Å²) >= 11 is 11.8. The molecule has 1 rings (SSSR count). The summed E-state index contributed by atoms with van der Waals surface area (Å²) in [5, 5.41) is 1.07. The molecule has 0 aromatic heterocycles. The lowest BCUT2D eigenvalue weighted by molar-refractivity contribution is 0.0413. The van der Waals surface area contributed by atoms with Gasteiger partial charge >= 0.3 is 0 Å². The number of rotatable bonds is 5. The molecule has 90 valence electrons. The minimum atomic E-state index is -0.167. The van der Waals surface area contributed by atoms with Gasteiger partial charge in [0.15, 0.2) is 0 Å². The van der Waals surface area contributed by atoms with Crippen molar-refractivity contribution in [2.75, 3.05) is 6.61 Å². The van der Waals surface area contributed by atoms with Crippen molar-refractivity contribution in [3.8, 4) is 0 Å². The van der Waals surface area contributed by atoms with Crippen LogP contribution in [0.3, 0.4) is 0 Å². The lowest BCUT2D eigenvalue weighted by Gasteiger charge is -2.23. The van der Waals surface area contributed by atoms with Crippen molar-refractivity contribution < 1.29 is 4.74 Å². The lowest BCUT2D eigenvalue weighted by Crippen LogP contribution is -2.28. The second kappa shape index (κ2) is 6.45. The normalized spacial score (nSPS) is 14.8. The molecule has 0 amide bonds. The molecule has 0 spiro atoms. The molecule has 0 aliphatic carbocycles. The predicted molar refractivity (Wildman–Crippen MR) is 69.1 cm³/mol. The molecule has 4 heteroatoms. The molecule has 0 heterocycles. The van der Waals surface area contributed by atoms with E-state index in [9.17, 15) is 0 Å². The van der Waals surface area contributed by atoms with E-state index < -0.39 is 0 Å². The smallest absolute Gasteiger partial charge is 0.0764 e. The first-order valence-corrected chi connectivity index (χ1v) is 6.17. The number of ether oxygens (including phenoxy) is 1.